The molecule has 1 aromatic carbocycles. The first kappa shape index (κ1) is 9.21. The van der Waals surface area contributed by atoms with Crippen molar-refractivity contribution in [1.29, 1.82) is 0 Å². The lowest BCUT2D eigenvalue weighted by atomic mass is 10.2. The largest absolute Gasteiger partial charge is 0.486 e. The highest BCUT2D eigenvalue weighted by atomic mass is 16.6. The Kier molecular flexibility index (Phi) is 1.86. The van der Waals surface area contributed by atoms with Crippen LogP contribution in [0.15, 0.2) is 16.9 Å². The van der Waals surface area contributed by atoms with Gasteiger partial charge in [-0.15, -0.1) is 0 Å². The molecule has 0 fully saturated rings. The molecule has 5 heteroatoms. The van der Waals surface area contributed by atoms with Crippen molar-refractivity contribution in [3.63, 3.8) is 0 Å². The maximum atomic E-state index is 11.4. The predicted octanol–water partition coefficient (Wildman–Crippen LogP) is 1.00. The van der Waals surface area contributed by atoms with Crippen molar-refractivity contribution in [3.05, 3.63) is 28.2 Å². The van der Waals surface area contributed by atoms with Crippen LogP contribution in [0, 0.1) is 6.92 Å². The zero-order valence-corrected chi connectivity index (χ0v) is 8.74. The highest BCUT2D eigenvalue weighted by Crippen LogP contribution is 2.32. The number of hydrogen-bond donors (Lipinski definition) is 1. The molecule has 1 N–H and O–H groups in total. The van der Waals surface area contributed by atoms with Gasteiger partial charge in [0.05, 0.1) is 11.0 Å². The molecule has 1 aliphatic rings. The second kappa shape index (κ2) is 3.23. The third kappa shape index (κ3) is 1.32. The van der Waals surface area contributed by atoms with Crippen LogP contribution in [-0.2, 0) is 0 Å². The summed E-state index contributed by atoms with van der Waals surface area (Å²) in [6.45, 7) is 2.75. The van der Waals surface area contributed by atoms with Gasteiger partial charge in [0.25, 0.3) is 5.56 Å². The maximum absolute atomic E-state index is 11.4. The topological polar surface area (TPSA) is 64.2 Å². The molecular formula is C11H10N2O3. The first-order valence-corrected chi connectivity index (χ1v) is 5.04. The summed E-state index contributed by atoms with van der Waals surface area (Å²) in [6, 6.07) is 3.53. The van der Waals surface area contributed by atoms with E-state index in [2.05, 4.69) is 9.97 Å². The molecule has 82 valence electrons. The molecule has 2 aromatic rings. The van der Waals surface area contributed by atoms with Crippen molar-refractivity contribution in [1.82, 2.24) is 9.97 Å². The quantitative estimate of drug-likeness (QED) is 0.716. The molecule has 0 spiro atoms. The molecule has 16 heavy (non-hydrogen) atoms. The summed E-state index contributed by atoms with van der Waals surface area (Å²) >= 11 is 0. The minimum atomic E-state index is -0.177. The molecule has 1 aromatic heterocycles. The van der Waals surface area contributed by atoms with E-state index in [0.717, 1.165) is 0 Å². The van der Waals surface area contributed by atoms with Crippen LogP contribution in [0.4, 0.5) is 0 Å². The molecule has 1 aliphatic heterocycles. The van der Waals surface area contributed by atoms with Gasteiger partial charge in [-0.25, -0.2) is 4.98 Å². The minimum absolute atomic E-state index is 0.177. The molecule has 0 radical (unpaired) electrons. The number of ether oxygens (including phenoxy) is 2. The van der Waals surface area contributed by atoms with Crippen molar-refractivity contribution in [3.8, 4) is 11.5 Å². The van der Waals surface area contributed by atoms with Gasteiger partial charge >= 0.3 is 0 Å². The molecule has 0 bridgehead atoms. The van der Waals surface area contributed by atoms with Crippen LogP contribution in [0.2, 0.25) is 0 Å². The first-order valence-electron chi connectivity index (χ1n) is 5.04. The number of aryl methyl sites for hydroxylation is 1. The highest BCUT2D eigenvalue weighted by Gasteiger charge is 2.13. The fraction of sp³-hybridized carbons (Fsp3) is 0.273. The Labute approximate surface area is 91.0 Å². The minimum Gasteiger partial charge on any atom is -0.486 e. The number of aromatic amines is 1. The van der Waals surface area contributed by atoms with Crippen molar-refractivity contribution in [2.24, 2.45) is 0 Å². The first-order chi connectivity index (χ1) is 7.74. The third-order valence-corrected chi connectivity index (χ3v) is 2.53. The second-order valence-electron chi connectivity index (χ2n) is 3.66. The average Bonchev–Trinajstić information content (AvgIpc) is 2.28. The van der Waals surface area contributed by atoms with Gasteiger partial charge in [-0.1, -0.05) is 0 Å². The summed E-state index contributed by atoms with van der Waals surface area (Å²) in [4.78, 5) is 18.4. The zero-order valence-electron chi connectivity index (χ0n) is 8.74. The molecule has 0 amide bonds. The van der Waals surface area contributed by atoms with Crippen LogP contribution >= 0.6 is 0 Å². The number of H-pyrrole nitrogens is 1. The van der Waals surface area contributed by atoms with Crippen LogP contribution in [0.25, 0.3) is 11.0 Å². The Balaban J connectivity index is 2.31. The summed E-state index contributed by atoms with van der Waals surface area (Å²) in [7, 11) is 0. The van der Waals surface area contributed by atoms with E-state index in [1.54, 1.807) is 19.1 Å². The number of nitrogens with zero attached hydrogens (tertiary/aromatic N) is 1. The van der Waals surface area contributed by atoms with E-state index in [1.165, 1.54) is 0 Å². The van der Waals surface area contributed by atoms with Gasteiger partial charge < -0.3 is 14.5 Å². The van der Waals surface area contributed by atoms with Gasteiger partial charge in [0.2, 0.25) is 0 Å². The monoisotopic (exact) mass is 218 g/mol. The summed E-state index contributed by atoms with van der Waals surface area (Å²) in [6.07, 6.45) is 0. The van der Waals surface area contributed by atoms with Gasteiger partial charge in [0.1, 0.15) is 18.9 Å². The number of rotatable bonds is 0. The smallest absolute Gasteiger partial charge is 0.269 e. The van der Waals surface area contributed by atoms with Gasteiger partial charge in [0, 0.05) is 12.1 Å². The van der Waals surface area contributed by atoms with Crippen LogP contribution in [0.5, 0.6) is 11.5 Å². The Bertz CT molecular complexity index is 618. The Morgan fingerprint density at radius 1 is 1.25 bits per heavy atom. The van der Waals surface area contributed by atoms with Gasteiger partial charge in [0.15, 0.2) is 11.5 Å². The van der Waals surface area contributed by atoms with Crippen molar-refractivity contribution in [2.45, 2.75) is 6.92 Å². The third-order valence-electron chi connectivity index (χ3n) is 2.53. The second-order valence-corrected chi connectivity index (χ2v) is 3.66. The molecular weight excluding hydrogens is 208 g/mol. The summed E-state index contributed by atoms with van der Waals surface area (Å²) < 4.78 is 10.9. The van der Waals surface area contributed by atoms with Crippen LogP contribution in [0.1, 0.15) is 5.69 Å². The molecule has 0 saturated heterocycles. The number of benzene rings is 1. The van der Waals surface area contributed by atoms with E-state index in [-0.39, 0.29) is 5.56 Å². The van der Waals surface area contributed by atoms with Gasteiger partial charge in [-0.2, -0.15) is 0 Å². The van der Waals surface area contributed by atoms with E-state index in [0.29, 0.717) is 41.4 Å². The van der Waals surface area contributed by atoms with E-state index >= 15 is 0 Å². The van der Waals surface area contributed by atoms with Gasteiger partial charge in [-0.3, -0.25) is 4.79 Å². The summed E-state index contributed by atoms with van der Waals surface area (Å²) in [5, 5.41) is 0. The molecule has 0 saturated carbocycles. The Morgan fingerprint density at radius 3 is 2.69 bits per heavy atom. The number of aromatic nitrogens is 2. The van der Waals surface area contributed by atoms with Crippen LogP contribution in [-0.4, -0.2) is 23.2 Å². The van der Waals surface area contributed by atoms with Gasteiger partial charge in [-0.05, 0) is 6.92 Å². The summed E-state index contributed by atoms with van der Waals surface area (Å²) in [5.74, 6) is 1.33. The molecule has 0 atom stereocenters. The average molecular weight is 218 g/mol. The predicted molar refractivity (Wildman–Crippen MR) is 58.1 cm³/mol. The molecule has 0 aliphatic carbocycles. The SMILES string of the molecule is Cc1nc2cc3c(cc2[nH]c1=O)OCCO3. The van der Waals surface area contributed by atoms with Crippen LogP contribution < -0.4 is 15.0 Å². The standard InChI is InChI=1S/C11H10N2O3/c1-6-11(14)13-8-5-10-9(4-7(8)12-6)15-2-3-16-10/h4-5H,2-3H2,1H3,(H,13,14). The Morgan fingerprint density at radius 2 is 1.94 bits per heavy atom. The van der Waals surface area contributed by atoms with E-state index in [4.69, 9.17) is 9.47 Å². The fourth-order valence-corrected chi connectivity index (χ4v) is 1.71. The van der Waals surface area contributed by atoms with E-state index in [1.807, 2.05) is 0 Å². The lowest BCUT2D eigenvalue weighted by molar-refractivity contribution is 0.172. The highest BCUT2D eigenvalue weighted by molar-refractivity contribution is 5.79. The number of fused-ring (bicyclic) bond motifs is 2. The molecule has 2 heterocycles. The fourth-order valence-electron chi connectivity index (χ4n) is 1.71. The number of hydrogen-bond acceptors (Lipinski definition) is 4. The zero-order chi connectivity index (χ0) is 11.1. The lowest BCUT2D eigenvalue weighted by Gasteiger charge is -2.18. The van der Waals surface area contributed by atoms with E-state index in [9.17, 15) is 4.79 Å². The van der Waals surface area contributed by atoms with E-state index < -0.39 is 0 Å². The summed E-state index contributed by atoms with van der Waals surface area (Å²) in [5.41, 5.74) is 1.65. The Hall–Kier alpha value is -2.04. The lowest BCUT2D eigenvalue weighted by Crippen LogP contribution is -2.16. The van der Waals surface area contributed by atoms with Crippen molar-refractivity contribution < 1.29 is 9.47 Å². The molecule has 5 nitrogen and oxygen atoms in total. The molecule has 3 rings (SSSR count). The van der Waals surface area contributed by atoms with Crippen molar-refractivity contribution >= 4 is 11.0 Å². The normalized spacial score (nSPS) is 14.1. The van der Waals surface area contributed by atoms with Crippen molar-refractivity contribution in [2.75, 3.05) is 13.2 Å². The maximum Gasteiger partial charge on any atom is 0.269 e. The number of nitrogens with one attached hydrogen (secondary N) is 1. The van der Waals surface area contributed by atoms with Crippen LogP contribution in [0.3, 0.4) is 0 Å². The molecule has 0 unspecified atom stereocenters.